The van der Waals surface area contributed by atoms with E-state index in [0.29, 0.717) is 5.88 Å². The zero-order chi connectivity index (χ0) is 14.0. The molecule has 0 atom stereocenters. The van der Waals surface area contributed by atoms with Crippen molar-refractivity contribution in [3.05, 3.63) is 27.7 Å². The summed E-state index contributed by atoms with van der Waals surface area (Å²) in [5.74, 6) is 1.78. The summed E-state index contributed by atoms with van der Waals surface area (Å²) in [6, 6.07) is 4.34. The molecule has 1 aromatic carbocycles. The molecule has 0 amide bonds. The van der Waals surface area contributed by atoms with Crippen LogP contribution >= 0.6 is 27.5 Å². The molecule has 0 unspecified atom stereocenters. The molecule has 0 saturated heterocycles. The first-order chi connectivity index (χ1) is 9.72. The molecule has 1 aliphatic carbocycles. The Morgan fingerprint density at radius 3 is 2.80 bits per heavy atom. The van der Waals surface area contributed by atoms with E-state index in [9.17, 15) is 0 Å². The lowest BCUT2D eigenvalue weighted by molar-refractivity contribution is 0.254. The maximum absolute atomic E-state index is 6.25. The summed E-state index contributed by atoms with van der Waals surface area (Å²) in [6.45, 7) is 1.65. The molecule has 0 spiro atoms. The number of halogens is 2. The van der Waals surface area contributed by atoms with E-state index in [0.717, 1.165) is 29.8 Å². The molecule has 2 aliphatic rings. The number of alkyl halides is 1. The highest BCUT2D eigenvalue weighted by molar-refractivity contribution is 9.10. The van der Waals surface area contributed by atoms with E-state index in [-0.39, 0.29) is 5.54 Å². The van der Waals surface area contributed by atoms with Crippen LogP contribution in [0.1, 0.15) is 43.2 Å². The summed E-state index contributed by atoms with van der Waals surface area (Å²) >= 11 is 9.85. The maximum Gasteiger partial charge on any atom is 0.127 e. The van der Waals surface area contributed by atoms with Gasteiger partial charge in [-0.25, -0.2) is 0 Å². The number of nitrogens with one attached hydrogen (secondary N) is 1. The standard InChI is InChI=1S/C16H21BrClNO/c17-14-8-12-4-7-20-15(12)13(9-14)10-19-16(11-18)5-2-1-3-6-16/h8-9,19H,1-7,10-11H2. The molecular formula is C16H21BrClNO. The third kappa shape index (κ3) is 3.00. The molecule has 4 heteroatoms. The molecule has 0 radical (unpaired) electrons. The quantitative estimate of drug-likeness (QED) is 0.805. The Morgan fingerprint density at radius 2 is 2.05 bits per heavy atom. The van der Waals surface area contributed by atoms with Gasteiger partial charge in [-0.05, 0) is 30.5 Å². The molecule has 3 rings (SSSR count). The Labute approximate surface area is 134 Å². The van der Waals surface area contributed by atoms with Crippen molar-refractivity contribution in [1.82, 2.24) is 5.32 Å². The van der Waals surface area contributed by atoms with E-state index in [1.807, 2.05) is 0 Å². The number of rotatable bonds is 4. The Hall–Kier alpha value is -0.250. The van der Waals surface area contributed by atoms with Gasteiger partial charge in [0.2, 0.25) is 0 Å². The van der Waals surface area contributed by atoms with Crippen LogP contribution in [-0.4, -0.2) is 18.0 Å². The molecule has 1 heterocycles. The molecule has 20 heavy (non-hydrogen) atoms. The van der Waals surface area contributed by atoms with Gasteiger partial charge in [0.1, 0.15) is 5.75 Å². The van der Waals surface area contributed by atoms with Crippen LogP contribution in [0.2, 0.25) is 0 Å². The number of ether oxygens (including phenoxy) is 1. The van der Waals surface area contributed by atoms with Crippen LogP contribution in [0.25, 0.3) is 0 Å². The summed E-state index contributed by atoms with van der Waals surface area (Å²) in [6.07, 6.45) is 7.30. The second-order valence-corrected chi connectivity index (χ2v) is 7.16. The van der Waals surface area contributed by atoms with E-state index in [4.69, 9.17) is 16.3 Å². The van der Waals surface area contributed by atoms with Crippen LogP contribution in [0.5, 0.6) is 5.75 Å². The highest BCUT2D eigenvalue weighted by Gasteiger charge is 2.31. The van der Waals surface area contributed by atoms with Crippen molar-refractivity contribution in [3.63, 3.8) is 0 Å². The van der Waals surface area contributed by atoms with E-state index in [2.05, 4.69) is 33.4 Å². The summed E-state index contributed by atoms with van der Waals surface area (Å²) in [5, 5.41) is 3.73. The average molecular weight is 359 g/mol. The Balaban J connectivity index is 1.75. The van der Waals surface area contributed by atoms with E-state index >= 15 is 0 Å². The molecule has 1 fully saturated rings. The summed E-state index contributed by atoms with van der Waals surface area (Å²) in [4.78, 5) is 0. The lowest BCUT2D eigenvalue weighted by Gasteiger charge is -2.37. The third-order valence-electron chi connectivity index (χ3n) is 4.55. The lowest BCUT2D eigenvalue weighted by Crippen LogP contribution is -2.48. The summed E-state index contributed by atoms with van der Waals surface area (Å²) in [5.41, 5.74) is 2.69. The van der Waals surface area contributed by atoms with Crippen molar-refractivity contribution in [2.45, 2.75) is 50.6 Å². The molecular weight excluding hydrogens is 338 g/mol. The van der Waals surface area contributed by atoms with Crippen molar-refractivity contribution >= 4 is 27.5 Å². The van der Waals surface area contributed by atoms with Gasteiger partial charge in [-0.15, -0.1) is 11.6 Å². The second-order valence-electron chi connectivity index (χ2n) is 5.98. The van der Waals surface area contributed by atoms with Gasteiger partial charge in [0.15, 0.2) is 0 Å². The smallest absolute Gasteiger partial charge is 0.127 e. The third-order valence-corrected chi connectivity index (χ3v) is 5.52. The monoisotopic (exact) mass is 357 g/mol. The number of benzene rings is 1. The second kappa shape index (κ2) is 6.25. The van der Waals surface area contributed by atoms with Crippen molar-refractivity contribution in [2.75, 3.05) is 12.5 Å². The highest BCUT2D eigenvalue weighted by atomic mass is 79.9. The maximum atomic E-state index is 6.25. The highest BCUT2D eigenvalue weighted by Crippen LogP contribution is 2.34. The fraction of sp³-hybridized carbons (Fsp3) is 0.625. The molecule has 1 aromatic rings. The Bertz CT molecular complexity index is 486. The van der Waals surface area contributed by atoms with Gasteiger partial charge in [-0.1, -0.05) is 35.2 Å². The molecule has 1 N–H and O–H groups in total. The molecule has 2 nitrogen and oxygen atoms in total. The molecule has 110 valence electrons. The summed E-state index contributed by atoms with van der Waals surface area (Å²) in [7, 11) is 0. The van der Waals surface area contributed by atoms with Crippen LogP contribution in [0, 0.1) is 0 Å². The zero-order valence-electron chi connectivity index (χ0n) is 11.7. The van der Waals surface area contributed by atoms with Gasteiger partial charge in [-0.3, -0.25) is 0 Å². The normalized spacial score (nSPS) is 20.5. The Morgan fingerprint density at radius 1 is 1.25 bits per heavy atom. The Kier molecular flexibility index (Phi) is 4.58. The van der Waals surface area contributed by atoms with E-state index in [1.54, 1.807) is 0 Å². The topological polar surface area (TPSA) is 21.3 Å². The minimum atomic E-state index is 0.119. The first kappa shape index (κ1) is 14.7. The SMILES string of the molecule is ClCC1(NCc2cc(Br)cc3c2OCC3)CCCCC1. The van der Waals surface area contributed by atoms with Crippen molar-refractivity contribution < 1.29 is 4.74 Å². The first-order valence-electron chi connectivity index (χ1n) is 7.48. The lowest BCUT2D eigenvalue weighted by atomic mass is 9.83. The van der Waals surface area contributed by atoms with Gasteiger partial charge in [0.25, 0.3) is 0 Å². The van der Waals surface area contributed by atoms with E-state index in [1.165, 1.54) is 43.2 Å². The van der Waals surface area contributed by atoms with Crippen LogP contribution < -0.4 is 10.1 Å². The van der Waals surface area contributed by atoms with Crippen molar-refractivity contribution in [2.24, 2.45) is 0 Å². The predicted molar refractivity (Wildman–Crippen MR) is 86.7 cm³/mol. The zero-order valence-corrected chi connectivity index (χ0v) is 14.0. The van der Waals surface area contributed by atoms with Gasteiger partial charge in [0, 0.05) is 34.4 Å². The van der Waals surface area contributed by atoms with E-state index < -0.39 is 0 Å². The molecule has 1 aliphatic heterocycles. The first-order valence-corrected chi connectivity index (χ1v) is 8.80. The number of hydrogen-bond donors (Lipinski definition) is 1. The fourth-order valence-corrected chi connectivity index (χ4v) is 4.26. The number of fused-ring (bicyclic) bond motifs is 1. The van der Waals surface area contributed by atoms with Gasteiger partial charge < -0.3 is 10.1 Å². The average Bonchev–Trinajstić information content (AvgIpc) is 2.94. The predicted octanol–water partition coefficient (Wildman–Crippen LogP) is 4.42. The van der Waals surface area contributed by atoms with Gasteiger partial charge in [-0.2, -0.15) is 0 Å². The van der Waals surface area contributed by atoms with Gasteiger partial charge >= 0.3 is 0 Å². The minimum Gasteiger partial charge on any atom is -0.493 e. The molecule has 0 bridgehead atoms. The number of hydrogen-bond acceptors (Lipinski definition) is 2. The minimum absolute atomic E-state index is 0.119. The fourth-order valence-electron chi connectivity index (χ4n) is 3.35. The van der Waals surface area contributed by atoms with Crippen LogP contribution in [-0.2, 0) is 13.0 Å². The van der Waals surface area contributed by atoms with Gasteiger partial charge in [0.05, 0.1) is 6.61 Å². The molecule has 1 saturated carbocycles. The van der Waals surface area contributed by atoms with Crippen molar-refractivity contribution in [1.29, 1.82) is 0 Å². The van der Waals surface area contributed by atoms with Crippen LogP contribution in [0.15, 0.2) is 16.6 Å². The molecule has 0 aromatic heterocycles. The van der Waals surface area contributed by atoms with Crippen LogP contribution in [0.3, 0.4) is 0 Å². The van der Waals surface area contributed by atoms with Crippen molar-refractivity contribution in [3.8, 4) is 5.75 Å². The largest absolute Gasteiger partial charge is 0.493 e. The van der Waals surface area contributed by atoms with Crippen LogP contribution in [0.4, 0.5) is 0 Å². The summed E-state index contributed by atoms with van der Waals surface area (Å²) < 4.78 is 6.94.